The fraction of sp³-hybridized carbons (Fsp3) is 0.320. The number of nitrogens with zero attached hydrogens (tertiary/aromatic N) is 4. The zero-order chi connectivity index (χ0) is 25.3. The summed E-state index contributed by atoms with van der Waals surface area (Å²) in [6.45, 7) is 5.00. The number of fused-ring (bicyclic) bond motifs is 1. The van der Waals surface area contributed by atoms with Crippen LogP contribution in [0.4, 0.5) is 11.4 Å². The molecule has 1 fully saturated rings. The summed E-state index contributed by atoms with van der Waals surface area (Å²) in [7, 11) is -2.15. The fourth-order valence-corrected chi connectivity index (χ4v) is 5.48. The third-order valence-corrected chi connectivity index (χ3v) is 7.54. The van der Waals surface area contributed by atoms with E-state index in [0.29, 0.717) is 47.7 Å². The van der Waals surface area contributed by atoms with Crippen molar-refractivity contribution in [3.63, 3.8) is 0 Å². The highest BCUT2D eigenvalue weighted by Crippen LogP contribution is 2.25. The van der Waals surface area contributed by atoms with E-state index < -0.39 is 10.0 Å². The van der Waals surface area contributed by atoms with Crippen LogP contribution in [-0.2, 0) is 28.2 Å². The van der Waals surface area contributed by atoms with E-state index in [9.17, 15) is 13.2 Å². The van der Waals surface area contributed by atoms with Crippen molar-refractivity contribution in [2.24, 2.45) is 7.05 Å². The Morgan fingerprint density at radius 1 is 1.11 bits per heavy atom. The first kappa shape index (κ1) is 24.0. The molecule has 0 atom stereocenters. The van der Waals surface area contributed by atoms with Gasteiger partial charge in [-0.3, -0.25) is 14.2 Å². The zero-order valence-electron chi connectivity index (χ0n) is 20.2. The van der Waals surface area contributed by atoms with Gasteiger partial charge in [-0.25, -0.2) is 13.4 Å². The van der Waals surface area contributed by atoms with E-state index >= 15 is 0 Å². The molecule has 0 radical (unpaired) electrons. The molecule has 2 aromatic heterocycles. The van der Waals surface area contributed by atoms with Gasteiger partial charge in [-0.1, -0.05) is 25.5 Å². The van der Waals surface area contributed by atoms with Crippen molar-refractivity contribution in [1.29, 1.82) is 0 Å². The molecule has 3 heterocycles. The van der Waals surface area contributed by atoms with Gasteiger partial charge in [0.1, 0.15) is 11.3 Å². The fourth-order valence-electron chi connectivity index (χ4n) is 4.38. The number of aromatic amines is 1. The molecule has 2 N–H and O–H groups in total. The van der Waals surface area contributed by atoms with Gasteiger partial charge in [0.05, 0.1) is 23.8 Å². The van der Waals surface area contributed by atoms with Crippen LogP contribution in [0.15, 0.2) is 58.2 Å². The van der Waals surface area contributed by atoms with Crippen molar-refractivity contribution in [3.05, 3.63) is 64.6 Å². The van der Waals surface area contributed by atoms with E-state index in [1.807, 2.05) is 19.1 Å². The molecular formula is C25H28N6O4S. The van der Waals surface area contributed by atoms with E-state index in [-0.39, 0.29) is 10.5 Å². The molecular weight excluding hydrogens is 480 g/mol. The number of benzene rings is 2. The number of morpholine rings is 1. The third-order valence-electron chi connectivity index (χ3n) is 6.16. The van der Waals surface area contributed by atoms with E-state index in [0.717, 1.165) is 30.9 Å². The van der Waals surface area contributed by atoms with Gasteiger partial charge in [0.25, 0.3) is 15.6 Å². The van der Waals surface area contributed by atoms with Gasteiger partial charge in [-0.05, 0) is 42.8 Å². The molecule has 0 aliphatic carbocycles. The summed E-state index contributed by atoms with van der Waals surface area (Å²) in [6, 6.07) is 13.6. The maximum absolute atomic E-state index is 13.1. The van der Waals surface area contributed by atoms with Crippen LogP contribution in [0.2, 0.25) is 0 Å². The highest BCUT2D eigenvalue weighted by Gasteiger charge is 2.19. The Bertz CT molecular complexity index is 1550. The van der Waals surface area contributed by atoms with E-state index in [2.05, 4.69) is 24.7 Å². The lowest BCUT2D eigenvalue weighted by Crippen LogP contribution is -2.36. The summed E-state index contributed by atoms with van der Waals surface area (Å²) in [6.07, 6.45) is 1.55. The number of ether oxygens (including phenoxy) is 1. The molecule has 0 bridgehead atoms. The number of H-pyrrole nitrogens is 1. The predicted molar refractivity (Wildman–Crippen MR) is 139 cm³/mol. The number of anilines is 2. The summed E-state index contributed by atoms with van der Waals surface area (Å²) < 4.78 is 35.9. The molecule has 36 heavy (non-hydrogen) atoms. The van der Waals surface area contributed by atoms with Crippen molar-refractivity contribution in [2.45, 2.75) is 24.7 Å². The van der Waals surface area contributed by atoms with E-state index in [4.69, 9.17) is 4.74 Å². The lowest BCUT2D eigenvalue weighted by molar-refractivity contribution is 0.122. The van der Waals surface area contributed by atoms with Crippen LogP contribution in [0.3, 0.4) is 0 Å². The van der Waals surface area contributed by atoms with Crippen LogP contribution in [0.5, 0.6) is 0 Å². The molecule has 5 rings (SSSR count). The van der Waals surface area contributed by atoms with Crippen molar-refractivity contribution in [1.82, 2.24) is 19.7 Å². The van der Waals surface area contributed by atoms with Crippen LogP contribution in [-0.4, -0.2) is 54.5 Å². The van der Waals surface area contributed by atoms with Gasteiger partial charge >= 0.3 is 0 Å². The smallest absolute Gasteiger partial charge is 0.277 e. The molecule has 4 aromatic rings. The molecule has 11 heteroatoms. The summed E-state index contributed by atoms with van der Waals surface area (Å²) >= 11 is 0. The largest absolute Gasteiger partial charge is 0.378 e. The average Bonchev–Trinajstić information content (AvgIpc) is 3.20. The quantitative estimate of drug-likeness (QED) is 0.394. The molecule has 0 unspecified atom stereocenters. The molecule has 1 saturated heterocycles. The number of nitrogens with one attached hydrogen (secondary N) is 2. The van der Waals surface area contributed by atoms with Crippen LogP contribution < -0.4 is 15.2 Å². The topological polar surface area (TPSA) is 122 Å². The van der Waals surface area contributed by atoms with Gasteiger partial charge in [-0.15, -0.1) is 0 Å². The monoisotopic (exact) mass is 508 g/mol. The van der Waals surface area contributed by atoms with Gasteiger partial charge in [0.2, 0.25) is 0 Å². The first-order chi connectivity index (χ1) is 17.4. The Balaban J connectivity index is 1.42. The van der Waals surface area contributed by atoms with E-state index in [1.165, 1.54) is 16.8 Å². The molecule has 0 spiro atoms. The summed E-state index contributed by atoms with van der Waals surface area (Å²) in [5, 5.41) is 4.43. The summed E-state index contributed by atoms with van der Waals surface area (Å²) in [5.74, 6) is 0.296. The van der Waals surface area contributed by atoms with Gasteiger partial charge < -0.3 is 14.6 Å². The molecule has 2 aromatic carbocycles. The molecule has 1 aliphatic heterocycles. The molecule has 0 saturated carbocycles. The second-order valence-electron chi connectivity index (χ2n) is 8.71. The maximum Gasteiger partial charge on any atom is 0.277 e. The van der Waals surface area contributed by atoms with Crippen molar-refractivity contribution < 1.29 is 13.2 Å². The Kier molecular flexibility index (Phi) is 6.50. The molecule has 10 nitrogen and oxygen atoms in total. The van der Waals surface area contributed by atoms with Crippen molar-refractivity contribution >= 4 is 32.4 Å². The maximum atomic E-state index is 13.1. The lowest BCUT2D eigenvalue weighted by atomic mass is 10.2. The molecule has 188 valence electrons. The molecule has 1 aliphatic rings. The number of aryl methyl sites for hydroxylation is 2. The Labute approximate surface area is 209 Å². The third kappa shape index (κ3) is 4.71. The van der Waals surface area contributed by atoms with Gasteiger partial charge in [-0.2, -0.15) is 5.10 Å². The van der Waals surface area contributed by atoms with Crippen LogP contribution >= 0.6 is 0 Å². The second-order valence-corrected chi connectivity index (χ2v) is 10.4. The number of hydrogen-bond donors (Lipinski definition) is 2. The number of aromatic nitrogens is 4. The summed E-state index contributed by atoms with van der Waals surface area (Å²) in [4.78, 5) is 22.5. The predicted octanol–water partition coefficient (Wildman–Crippen LogP) is 2.91. The standard InChI is InChI=1S/C25H28N6O4S/c1-3-5-21-22-23(30(2)28-21)25(32)27-24(26-22)17-6-4-7-20(16-17)36(33,34)29-18-8-10-19(11-9-18)31-12-14-35-15-13-31/h4,6-11,16,29H,3,5,12-15H2,1-2H3,(H,26,27,32). The Morgan fingerprint density at radius 3 is 2.58 bits per heavy atom. The normalized spacial score (nSPS) is 14.3. The number of rotatable bonds is 7. The van der Waals surface area contributed by atoms with E-state index in [1.54, 1.807) is 31.3 Å². The van der Waals surface area contributed by atoms with Crippen molar-refractivity contribution in [3.8, 4) is 11.4 Å². The number of sulfonamides is 1. The highest BCUT2D eigenvalue weighted by molar-refractivity contribution is 7.92. The zero-order valence-corrected chi connectivity index (χ0v) is 21.0. The Hall–Kier alpha value is -3.70. The second kappa shape index (κ2) is 9.75. The minimum atomic E-state index is -3.87. The lowest BCUT2D eigenvalue weighted by Gasteiger charge is -2.28. The minimum absolute atomic E-state index is 0.0694. The average molecular weight is 509 g/mol. The summed E-state index contributed by atoms with van der Waals surface area (Å²) in [5.41, 5.74) is 3.33. The number of hydrogen-bond acceptors (Lipinski definition) is 7. The van der Waals surface area contributed by atoms with Gasteiger partial charge in [0, 0.05) is 37.1 Å². The van der Waals surface area contributed by atoms with Crippen molar-refractivity contribution in [2.75, 3.05) is 35.9 Å². The minimum Gasteiger partial charge on any atom is -0.378 e. The Morgan fingerprint density at radius 2 is 1.86 bits per heavy atom. The molecule has 0 amide bonds. The van der Waals surface area contributed by atoms with Crippen LogP contribution in [0.25, 0.3) is 22.4 Å². The van der Waals surface area contributed by atoms with Crippen LogP contribution in [0.1, 0.15) is 19.0 Å². The van der Waals surface area contributed by atoms with Crippen LogP contribution in [0, 0.1) is 0 Å². The first-order valence-electron chi connectivity index (χ1n) is 11.9. The SMILES string of the molecule is CCCc1nn(C)c2c(=O)[nH]c(-c3cccc(S(=O)(=O)Nc4ccc(N5CCOCC5)cc4)c3)nc12. The van der Waals surface area contributed by atoms with Gasteiger partial charge in [0.15, 0.2) is 5.52 Å². The first-order valence-corrected chi connectivity index (χ1v) is 13.4. The highest BCUT2D eigenvalue weighted by atomic mass is 32.2.